The smallest absolute Gasteiger partial charge is 0.231 e. The second kappa shape index (κ2) is 10.6. The van der Waals surface area contributed by atoms with E-state index in [9.17, 15) is 8.42 Å². The van der Waals surface area contributed by atoms with Gasteiger partial charge in [0.15, 0.2) is 23.7 Å². The average molecular weight is 547 g/mol. The number of nitrogens with one attached hydrogen (secondary N) is 2. The Morgan fingerprint density at radius 1 is 1.12 bits per heavy atom. The molecule has 34 heavy (non-hydrogen) atoms. The second-order valence-electron chi connectivity index (χ2n) is 8.31. The summed E-state index contributed by atoms with van der Waals surface area (Å²) in [5.74, 6) is 1.31. The van der Waals surface area contributed by atoms with Crippen molar-refractivity contribution in [3.63, 3.8) is 0 Å². The number of oxazole rings is 1. The summed E-state index contributed by atoms with van der Waals surface area (Å²) in [5.41, 5.74) is 2.42. The van der Waals surface area contributed by atoms with Gasteiger partial charge in [0.05, 0.1) is 28.2 Å². The molecule has 1 aromatic heterocycles. The van der Waals surface area contributed by atoms with E-state index in [0.717, 1.165) is 23.1 Å². The van der Waals surface area contributed by atoms with Gasteiger partial charge in [-0.3, -0.25) is 4.72 Å². The van der Waals surface area contributed by atoms with Gasteiger partial charge in [-0.1, -0.05) is 49.2 Å². The first-order chi connectivity index (χ1) is 15.9. The molecule has 0 radical (unpaired) electrons. The summed E-state index contributed by atoms with van der Waals surface area (Å²) in [6.07, 6.45) is 2.26. The molecule has 0 fully saturated rings. The summed E-state index contributed by atoms with van der Waals surface area (Å²) in [6, 6.07) is 11.3. The Bertz CT molecular complexity index is 1220. The molecule has 184 valence electrons. The highest BCUT2D eigenvalue weighted by Crippen LogP contribution is 2.40. The number of benzene rings is 2. The lowest BCUT2D eigenvalue weighted by Gasteiger charge is -2.27. The maximum atomic E-state index is 11.5. The Labute approximate surface area is 214 Å². The van der Waals surface area contributed by atoms with E-state index in [-0.39, 0.29) is 17.3 Å². The number of halogens is 3. The Kier molecular flexibility index (Phi) is 8.29. The molecule has 0 spiro atoms. The topological polar surface area (TPSA) is 93.5 Å². The van der Waals surface area contributed by atoms with Crippen molar-refractivity contribution in [2.45, 2.75) is 32.2 Å². The van der Waals surface area contributed by atoms with Gasteiger partial charge in [0.2, 0.25) is 10.0 Å². The summed E-state index contributed by atoms with van der Waals surface area (Å²) in [6.45, 7) is 6.33. The van der Waals surface area contributed by atoms with Crippen molar-refractivity contribution in [1.29, 1.82) is 0 Å². The predicted molar refractivity (Wildman–Crippen MR) is 138 cm³/mol. The number of ether oxygens (including phenoxy) is 1. The fraction of sp³-hybridized carbons (Fsp3) is 0.348. The van der Waals surface area contributed by atoms with Crippen LogP contribution in [0.5, 0.6) is 5.75 Å². The van der Waals surface area contributed by atoms with Crippen molar-refractivity contribution in [3.05, 3.63) is 69.7 Å². The SMILES string of the molecule is CC(Nc1ccc(C(C)(C)c2cc(Cl)c(OCCCl)c(Cl)c2)cc1)c1ocnc1NS(C)(=O)=O. The molecule has 0 amide bonds. The van der Waals surface area contributed by atoms with Gasteiger partial charge >= 0.3 is 0 Å². The normalized spacial score (nSPS) is 12.9. The van der Waals surface area contributed by atoms with Crippen molar-refractivity contribution >= 4 is 56.3 Å². The first-order valence-corrected chi connectivity index (χ1v) is 13.6. The fourth-order valence-corrected chi connectivity index (χ4v) is 4.66. The standard InChI is InChI=1S/C23H26Cl3N3O4S/c1-14(20-22(27-13-33-20)29-34(4,30)31)28-17-7-5-15(6-8-17)23(2,3)16-11-18(25)21(19(26)12-16)32-10-9-24/h5-8,11-14,28-29H,9-10H2,1-4H3. The molecule has 1 heterocycles. The average Bonchev–Trinajstić information content (AvgIpc) is 3.20. The summed E-state index contributed by atoms with van der Waals surface area (Å²) in [7, 11) is -3.47. The minimum Gasteiger partial charge on any atom is -0.489 e. The molecular formula is C23H26Cl3N3O4S. The van der Waals surface area contributed by atoms with Crippen molar-refractivity contribution < 1.29 is 17.6 Å². The quantitative estimate of drug-likeness (QED) is 0.283. The maximum Gasteiger partial charge on any atom is 0.231 e. The highest BCUT2D eigenvalue weighted by atomic mass is 35.5. The first kappa shape index (κ1) is 26.5. The van der Waals surface area contributed by atoms with Crippen molar-refractivity contribution in [1.82, 2.24) is 4.98 Å². The van der Waals surface area contributed by atoms with Crippen LogP contribution in [0.1, 0.15) is 43.7 Å². The summed E-state index contributed by atoms with van der Waals surface area (Å²) >= 11 is 18.6. The molecule has 0 bridgehead atoms. The summed E-state index contributed by atoms with van der Waals surface area (Å²) < 4.78 is 36.4. The van der Waals surface area contributed by atoms with Gasteiger partial charge in [-0.15, -0.1) is 11.6 Å². The molecule has 3 rings (SSSR count). The van der Waals surface area contributed by atoms with Gasteiger partial charge in [-0.05, 0) is 42.3 Å². The molecule has 0 aliphatic rings. The van der Waals surface area contributed by atoms with E-state index in [0.29, 0.717) is 34.0 Å². The second-order valence-corrected chi connectivity index (χ2v) is 11.3. The van der Waals surface area contributed by atoms with Crippen LogP contribution in [-0.4, -0.2) is 32.1 Å². The largest absolute Gasteiger partial charge is 0.489 e. The van der Waals surface area contributed by atoms with Crippen LogP contribution in [0, 0.1) is 0 Å². The van der Waals surface area contributed by atoms with Crippen LogP contribution in [0.3, 0.4) is 0 Å². The van der Waals surface area contributed by atoms with E-state index in [2.05, 4.69) is 28.9 Å². The van der Waals surface area contributed by atoms with Gasteiger partial charge in [0.25, 0.3) is 0 Å². The minimum atomic E-state index is -3.47. The van der Waals surface area contributed by atoms with Crippen molar-refractivity contribution in [2.24, 2.45) is 0 Å². The Hall–Kier alpha value is -2.13. The van der Waals surface area contributed by atoms with E-state index in [4.69, 9.17) is 44.0 Å². The number of anilines is 2. The fourth-order valence-electron chi connectivity index (χ4n) is 3.48. The zero-order chi connectivity index (χ0) is 25.1. The Morgan fingerprint density at radius 2 is 1.74 bits per heavy atom. The highest BCUT2D eigenvalue weighted by molar-refractivity contribution is 7.92. The zero-order valence-electron chi connectivity index (χ0n) is 19.2. The van der Waals surface area contributed by atoms with Gasteiger partial charge < -0.3 is 14.5 Å². The molecule has 0 aliphatic carbocycles. The molecule has 0 aliphatic heterocycles. The van der Waals surface area contributed by atoms with E-state index in [1.165, 1.54) is 6.39 Å². The number of alkyl halides is 1. The third-order valence-electron chi connectivity index (χ3n) is 5.30. The van der Waals surface area contributed by atoms with Crippen molar-refractivity contribution in [3.8, 4) is 5.75 Å². The minimum absolute atomic E-state index is 0.160. The lowest BCUT2D eigenvalue weighted by atomic mass is 9.78. The number of hydrogen-bond donors (Lipinski definition) is 2. The van der Waals surface area contributed by atoms with Crippen LogP contribution in [0.15, 0.2) is 47.2 Å². The number of aromatic nitrogens is 1. The van der Waals surface area contributed by atoms with E-state index in [1.807, 2.05) is 43.3 Å². The van der Waals surface area contributed by atoms with Gasteiger partial charge in [0, 0.05) is 11.1 Å². The maximum absolute atomic E-state index is 11.5. The van der Waals surface area contributed by atoms with Crippen LogP contribution < -0.4 is 14.8 Å². The van der Waals surface area contributed by atoms with E-state index in [1.54, 1.807) is 0 Å². The third kappa shape index (κ3) is 6.30. The van der Waals surface area contributed by atoms with Gasteiger partial charge in [0.1, 0.15) is 6.61 Å². The van der Waals surface area contributed by atoms with Crippen LogP contribution in [-0.2, 0) is 15.4 Å². The monoisotopic (exact) mass is 545 g/mol. The number of rotatable bonds is 10. The highest BCUT2D eigenvalue weighted by Gasteiger charge is 2.26. The molecule has 0 saturated carbocycles. The molecule has 3 aromatic rings. The Morgan fingerprint density at radius 3 is 2.29 bits per heavy atom. The number of sulfonamides is 1. The molecule has 2 N–H and O–H groups in total. The lowest BCUT2D eigenvalue weighted by Crippen LogP contribution is -2.19. The van der Waals surface area contributed by atoms with Crippen LogP contribution in [0.25, 0.3) is 0 Å². The molecule has 0 saturated heterocycles. The first-order valence-electron chi connectivity index (χ1n) is 10.4. The molecule has 1 atom stereocenters. The molecule has 11 heteroatoms. The number of hydrogen-bond acceptors (Lipinski definition) is 6. The summed E-state index contributed by atoms with van der Waals surface area (Å²) in [4.78, 5) is 3.95. The van der Waals surface area contributed by atoms with E-state index >= 15 is 0 Å². The van der Waals surface area contributed by atoms with Crippen molar-refractivity contribution in [2.75, 3.05) is 28.8 Å². The van der Waals surface area contributed by atoms with Gasteiger partial charge in [-0.2, -0.15) is 4.98 Å². The third-order valence-corrected chi connectivity index (χ3v) is 6.58. The van der Waals surface area contributed by atoms with Crippen LogP contribution in [0.4, 0.5) is 11.5 Å². The van der Waals surface area contributed by atoms with Crippen LogP contribution in [0.2, 0.25) is 10.0 Å². The molecule has 7 nitrogen and oxygen atoms in total. The summed E-state index contributed by atoms with van der Waals surface area (Å²) in [5, 5.41) is 4.15. The van der Waals surface area contributed by atoms with Crippen LogP contribution >= 0.6 is 34.8 Å². The zero-order valence-corrected chi connectivity index (χ0v) is 22.2. The lowest BCUT2D eigenvalue weighted by molar-refractivity contribution is 0.343. The molecule has 1 unspecified atom stereocenters. The van der Waals surface area contributed by atoms with E-state index < -0.39 is 10.0 Å². The molecule has 2 aromatic carbocycles. The number of nitrogens with zero attached hydrogens (tertiary/aromatic N) is 1. The van der Waals surface area contributed by atoms with Gasteiger partial charge in [-0.25, -0.2) is 8.42 Å². The predicted octanol–water partition coefficient (Wildman–Crippen LogP) is 6.47. The molecular weight excluding hydrogens is 521 g/mol. The Balaban J connectivity index is 1.78.